The normalized spacial score (nSPS) is 17.6. The van der Waals surface area contributed by atoms with Gasteiger partial charge in [0.25, 0.3) is 0 Å². The van der Waals surface area contributed by atoms with Crippen LogP contribution in [0.1, 0.15) is 36.8 Å². The molecule has 0 unspecified atom stereocenters. The highest BCUT2D eigenvalue weighted by atomic mass is 35.5. The third-order valence-electron chi connectivity index (χ3n) is 5.26. The highest BCUT2D eigenvalue weighted by Gasteiger charge is 2.24. The number of hydrogen-bond donors (Lipinski definition) is 1. The molecule has 7 heteroatoms. The molecule has 1 aromatic rings. The minimum atomic E-state index is -3.40. The molecule has 0 atom stereocenters. The minimum Gasteiger partial charge on any atom is -0.343 e. The summed E-state index contributed by atoms with van der Waals surface area (Å²) >= 11 is 0. The molecular weight excluding hydrogens is 360 g/mol. The summed E-state index contributed by atoms with van der Waals surface area (Å²) in [4.78, 5) is 14.4. The van der Waals surface area contributed by atoms with Crippen LogP contribution in [-0.4, -0.2) is 51.2 Å². The maximum Gasteiger partial charge on any atom is 0.223 e. The van der Waals surface area contributed by atoms with Crippen LogP contribution < -0.4 is 5.32 Å². The minimum absolute atomic E-state index is 0. The SMILES string of the molecule is CN(C(=O)CCS(=O)(=O)c1ccc2c(c1)CCC2)C1CCNCC1.Cl. The summed E-state index contributed by atoms with van der Waals surface area (Å²) in [6, 6.07) is 5.65. The Bertz CT molecular complexity index is 715. The van der Waals surface area contributed by atoms with Gasteiger partial charge in [0.1, 0.15) is 0 Å². The summed E-state index contributed by atoms with van der Waals surface area (Å²) in [5, 5.41) is 3.27. The molecule has 1 saturated heterocycles. The van der Waals surface area contributed by atoms with Crippen molar-refractivity contribution in [2.75, 3.05) is 25.9 Å². The fourth-order valence-electron chi connectivity index (χ4n) is 3.66. The van der Waals surface area contributed by atoms with E-state index in [0.29, 0.717) is 4.90 Å². The van der Waals surface area contributed by atoms with Crippen LogP contribution in [0.15, 0.2) is 23.1 Å². The van der Waals surface area contributed by atoms with E-state index in [0.717, 1.165) is 50.8 Å². The van der Waals surface area contributed by atoms with E-state index in [2.05, 4.69) is 5.32 Å². The lowest BCUT2D eigenvalue weighted by Crippen LogP contribution is -2.44. The second-order valence-electron chi connectivity index (χ2n) is 6.84. The van der Waals surface area contributed by atoms with Gasteiger partial charge in [-0.2, -0.15) is 0 Å². The highest BCUT2D eigenvalue weighted by molar-refractivity contribution is 7.91. The summed E-state index contributed by atoms with van der Waals surface area (Å²) in [6.07, 6.45) is 5.00. The van der Waals surface area contributed by atoms with Gasteiger partial charge in [-0.3, -0.25) is 4.79 Å². The molecule has 0 aromatic heterocycles. The molecule has 1 fully saturated rings. The Labute approximate surface area is 156 Å². The third kappa shape index (κ3) is 4.74. The van der Waals surface area contributed by atoms with Gasteiger partial charge in [0.2, 0.25) is 5.91 Å². The molecule has 1 aliphatic heterocycles. The number of carbonyl (C=O) groups is 1. The van der Waals surface area contributed by atoms with Gasteiger partial charge in [0.15, 0.2) is 9.84 Å². The lowest BCUT2D eigenvalue weighted by atomic mass is 10.1. The van der Waals surface area contributed by atoms with Crippen molar-refractivity contribution in [3.05, 3.63) is 29.3 Å². The number of rotatable bonds is 5. The summed E-state index contributed by atoms with van der Waals surface area (Å²) in [6.45, 7) is 1.82. The monoisotopic (exact) mass is 386 g/mol. The molecule has 1 aromatic carbocycles. The smallest absolute Gasteiger partial charge is 0.223 e. The van der Waals surface area contributed by atoms with E-state index >= 15 is 0 Å². The van der Waals surface area contributed by atoms with Crippen LogP contribution in [0.5, 0.6) is 0 Å². The van der Waals surface area contributed by atoms with E-state index in [4.69, 9.17) is 0 Å². The van der Waals surface area contributed by atoms with Gasteiger partial charge in [-0.1, -0.05) is 6.07 Å². The van der Waals surface area contributed by atoms with Crippen LogP contribution >= 0.6 is 12.4 Å². The number of fused-ring (bicyclic) bond motifs is 1. The standard InChI is InChI=1S/C18H26N2O3S.ClH/c1-20(16-7-10-19-11-8-16)18(21)9-12-24(22,23)17-6-5-14-3-2-4-15(14)13-17;/h5-6,13,16,19H,2-4,7-12H2,1H3;1H. The van der Waals surface area contributed by atoms with E-state index in [9.17, 15) is 13.2 Å². The first-order chi connectivity index (χ1) is 11.5. The predicted molar refractivity (Wildman–Crippen MR) is 101 cm³/mol. The first kappa shape index (κ1) is 20.2. The van der Waals surface area contributed by atoms with Crippen molar-refractivity contribution in [1.29, 1.82) is 0 Å². The van der Waals surface area contributed by atoms with Crippen LogP contribution in [0, 0.1) is 0 Å². The number of nitrogens with zero attached hydrogens (tertiary/aromatic N) is 1. The lowest BCUT2D eigenvalue weighted by molar-refractivity contribution is -0.132. The Morgan fingerprint density at radius 2 is 1.88 bits per heavy atom. The first-order valence-electron chi connectivity index (χ1n) is 8.78. The average molecular weight is 387 g/mol. The third-order valence-corrected chi connectivity index (χ3v) is 6.98. The van der Waals surface area contributed by atoms with Crippen LogP contribution in [0.2, 0.25) is 0 Å². The number of carbonyl (C=O) groups excluding carboxylic acids is 1. The van der Waals surface area contributed by atoms with E-state index in [1.54, 1.807) is 24.1 Å². The molecule has 2 aliphatic rings. The maximum absolute atomic E-state index is 12.6. The molecule has 140 valence electrons. The zero-order valence-corrected chi connectivity index (χ0v) is 16.3. The van der Waals surface area contributed by atoms with Crippen molar-refractivity contribution in [3.63, 3.8) is 0 Å². The molecule has 5 nitrogen and oxygen atoms in total. The van der Waals surface area contributed by atoms with Gasteiger partial charge >= 0.3 is 0 Å². The maximum atomic E-state index is 12.6. The van der Waals surface area contributed by atoms with Gasteiger partial charge in [0.05, 0.1) is 10.6 Å². The number of sulfone groups is 1. The van der Waals surface area contributed by atoms with Crippen LogP contribution in [0.3, 0.4) is 0 Å². The molecule has 25 heavy (non-hydrogen) atoms. The van der Waals surface area contributed by atoms with Crippen molar-refractivity contribution in [2.24, 2.45) is 0 Å². The van der Waals surface area contributed by atoms with Crippen LogP contribution in [-0.2, 0) is 27.5 Å². The Morgan fingerprint density at radius 3 is 2.60 bits per heavy atom. The average Bonchev–Trinajstić information content (AvgIpc) is 3.07. The Kier molecular flexibility index (Phi) is 6.88. The molecule has 1 aliphatic carbocycles. The van der Waals surface area contributed by atoms with E-state index in [1.165, 1.54) is 5.56 Å². The largest absolute Gasteiger partial charge is 0.343 e. The Balaban J connectivity index is 0.00000225. The predicted octanol–water partition coefficient (Wildman–Crippen LogP) is 1.97. The first-order valence-corrected chi connectivity index (χ1v) is 10.4. The number of aryl methyl sites for hydroxylation is 2. The zero-order chi connectivity index (χ0) is 17.2. The molecule has 3 rings (SSSR count). The summed E-state index contributed by atoms with van der Waals surface area (Å²) in [5.74, 6) is -0.188. The quantitative estimate of drug-likeness (QED) is 0.840. The Morgan fingerprint density at radius 1 is 1.20 bits per heavy atom. The molecule has 1 amide bonds. The fraction of sp³-hybridized carbons (Fsp3) is 0.611. The number of halogens is 1. The summed E-state index contributed by atoms with van der Waals surface area (Å²) in [5.41, 5.74) is 2.41. The van der Waals surface area contributed by atoms with E-state index in [-0.39, 0.29) is 36.5 Å². The van der Waals surface area contributed by atoms with Crippen molar-refractivity contribution >= 4 is 28.2 Å². The van der Waals surface area contributed by atoms with E-state index in [1.807, 2.05) is 6.07 Å². The van der Waals surface area contributed by atoms with Crippen molar-refractivity contribution in [1.82, 2.24) is 10.2 Å². The summed E-state index contributed by atoms with van der Waals surface area (Å²) in [7, 11) is -1.61. The molecule has 1 heterocycles. The Hall–Kier alpha value is -1.11. The molecule has 0 bridgehead atoms. The highest BCUT2D eigenvalue weighted by Crippen LogP contribution is 2.25. The summed E-state index contributed by atoms with van der Waals surface area (Å²) < 4.78 is 25.1. The van der Waals surface area contributed by atoms with Crippen LogP contribution in [0.25, 0.3) is 0 Å². The number of hydrogen-bond acceptors (Lipinski definition) is 4. The molecular formula is C18H27ClN2O3S. The second kappa shape index (κ2) is 8.52. The second-order valence-corrected chi connectivity index (χ2v) is 8.95. The number of amides is 1. The van der Waals surface area contributed by atoms with Gasteiger partial charge in [-0.25, -0.2) is 8.42 Å². The lowest BCUT2D eigenvalue weighted by Gasteiger charge is -2.31. The molecule has 0 saturated carbocycles. The van der Waals surface area contributed by atoms with Gasteiger partial charge < -0.3 is 10.2 Å². The number of nitrogens with one attached hydrogen (secondary N) is 1. The zero-order valence-electron chi connectivity index (χ0n) is 14.7. The van der Waals surface area contributed by atoms with Crippen LogP contribution in [0.4, 0.5) is 0 Å². The van der Waals surface area contributed by atoms with Gasteiger partial charge in [-0.05, 0) is 68.5 Å². The fourth-order valence-corrected chi connectivity index (χ4v) is 4.93. The van der Waals surface area contributed by atoms with Gasteiger partial charge in [0, 0.05) is 19.5 Å². The molecule has 1 N–H and O–H groups in total. The number of piperidine rings is 1. The topological polar surface area (TPSA) is 66.5 Å². The van der Waals surface area contributed by atoms with Crippen molar-refractivity contribution < 1.29 is 13.2 Å². The van der Waals surface area contributed by atoms with Crippen molar-refractivity contribution in [2.45, 2.75) is 49.5 Å². The van der Waals surface area contributed by atoms with E-state index < -0.39 is 9.84 Å². The molecule has 0 spiro atoms. The van der Waals surface area contributed by atoms with Crippen molar-refractivity contribution in [3.8, 4) is 0 Å². The molecule has 0 radical (unpaired) electrons. The van der Waals surface area contributed by atoms with Gasteiger partial charge in [-0.15, -0.1) is 12.4 Å². The number of benzene rings is 1.